The lowest BCUT2D eigenvalue weighted by atomic mass is 9.37. The van der Waals surface area contributed by atoms with Crippen LogP contribution in [0.5, 0.6) is 0 Å². The van der Waals surface area contributed by atoms with Crippen LogP contribution in [-0.2, 0) is 42.9 Å². The lowest BCUT2D eigenvalue weighted by Crippen LogP contribution is -2.75. The molecule has 1 aromatic rings. The zero-order valence-electron chi connectivity index (χ0n) is 32.0. The zero-order chi connectivity index (χ0) is 38.0. The molecule has 10 heteroatoms. The van der Waals surface area contributed by atoms with Crippen molar-refractivity contribution in [1.82, 2.24) is 0 Å². The molecule has 5 aliphatic carbocycles. The van der Waals surface area contributed by atoms with Gasteiger partial charge < -0.3 is 23.7 Å². The van der Waals surface area contributed by atoms with Crippen LogP contribution >= 0.6 is 0 Å². The number of Topliss-reactive ketones (excluding diaryl/α,β-unsaturated/α-hetero) is 1. The molecule has 1 aliphatic heterocycles. The SMILES string of the molecule is COC1=C(C)[C@@]2(C)C[C@@H](OC(C)=O)[C@H]3[C@@](C)(C[C@H](C)[C@@]34C(C)=C[C@H](OC(=O)c3ccccc3)[C@@]3(C)[C@@H](OC(C)=O)C[C@]5(C)C[C@@]34OC5=O)[C@@H]2CC1=O. The first-order valence-electron chi connectivity index (χ1n) is 18.6. The van der Waals surface area contributed by atoms with Crippen LogP contribution in [0, 0.1) is 44.8 Å². The Labute approximate surface area is 306 Å². The zero-order valence-corrected chi connectivity index (χ0v) is 32.0. The largest absolute Gasteiger partial charge is 0.493 e. The molecule has 52 heavy (non-hydrogen) atoms. The summed E-state index contributed by atoms with van der Waals surface area (Å²) in [7, 11) is 1.52. The first-order valence-corrected chi connectivity index (χ1v) is 18.6. The van der Waals surface area contributed by atoms with Gasteiger partial charge in [-0.05, 0) is 87.0 Å². The van der Waals surface area contributed by atoms with Gasteiger partial charge >= 0.3 is 23.9 Å². The average molecular weight is 717 g/mol. The normalized spacial score (nSPS) is 44.5. The number of esters is 4. The van der Waals surface area contributed by atoms with Crippen LogP contribution < -0.4 is 0 Å². The van der Waals surface area contributed by atoms with Gasteiger partial charge in [-0.15, -0.1) is 0 Å². The lowest BCUT2D eigenvalue weighted by molar-refractivity contribution is -0.275. The summed E-state index contributed by atoms with van der Waals surface area (Å²) >= 11 is 0. The summed E-state index contributed by atoms with van der Waals surface area (Å²) in [5.74, 6) is -2.31. The quantitative estimate of drug-likeness (QED) is 0.184. The first kappa shape index (κ1) is 36.4. The molecule has 12 atom stereocenters. The predicted octanol–water partition coefficient (Wildman–Crippen LogP) is 6.71. The number of ether oxygens (including phenoxy) is 5. The number of allylic oxidation sites excluding steroid dienone is 2. The van der Waals surface area contributed by atoms with Crippen molar-refractivity contribution in [2.24, 2.45) is 44.8 Å². The fourth-order valence-corrected chi connectivity index (χ4v) is 13.3. The summed E-state index contributed by atoms with van der Waals surface area (Å²) in [4.78, 5) is 68.1. The number of carbonyl (C=O) groups is 5. The molecule has 3 saturated carbocycles. The topological polar surface area (TPSA) is 132 Å². The summed E-state index contributed by atoms with van der Waals surface area (Å²) in [6, 6.07) is 8.71. The van der Waals surface area contributed by atoms with Gasteiger partial charge in [-0.3, -0.25) is 19.2 Å². The number of hydrogen-bond acceptors (Lipinski definition) is 10. The maximum absolute atomic E-state index is 14.4. The maximum atomic E-state index is 14.4. The monoisotopic (exact) mass is 716 g/mol. The standard InChI is InChI=1S/C42H52O10/c1-22-16-31(51-35(46)27-14-12-11-13-15-27)40(9)32(50-26(5)44)20-37(6)21-41(40,52-36(37)47)42(22)23(2)18-39(8)30-17-28(45)33(48-10)24(3)38(30,7)19-29(34(39)42)49-25(4)43/h11-16,23,29-32,34H,17-21H2,1-10H3/t23-,29+,30+,31-,32-,34-,37+,38+,39-,40-,41+,42-/m0/s1. The van der Waals surface area contributed by atoms with Crippen molar-refractivity contribution in [3.8, 4) is 0 Å². The van der Waals surface area contributed by atoms with Gasteiger partial charge in [0.2, 0.25) is 0 Å². The molecule has 0 amide bonds. The van der Waals surface area contributed by atoms with E-state index in [-0.39, 0.29) is 36.9 Å². The minimum Gasteiger partial charge on any atom is -0.493 e. The number of rotatable bonds is 5. The third-order valence-corrected chi connectivity index (χ3v) is 15.1. The van der Waals surface area contributed by atoms with Gasteiger partial charge in [0.25, 0.3) is 0 Å². The second kappa shape index (κ2) is 11.5. The van der Waals surface area contributed by atoms with Crippen molar-refractivity contribution in [2.75, 3.05) is 7.11 Å². The van der Waals surface area contributed by atoms with Crippen molar-refractivity contribution in [3.05, 3.63) is 58.9 Å². The second-order valence-electron chi connectivity index (χ2n) is 17.6. The molecule has 4 fully saturated rings. The Balaban J connectivity index is 1.51. The number of methoxy groups -OCH3 is 1. The Morgan fingerprint density at radius 2 is 1.54 bits per heavy atom. The molecule has 1 heterocycles. The van der Waals surface area contributed by atoms with Crippen molar-refractivity contribution in [3.63, 3.8) is 0 Å². The van der Waals surface area contributed by atoms with Crippen LogP contribution in [0.25, 0.3) is 0 Å². The van der Waals surface area contributed by atoms with E-state index in [1.54, 1.807) is 24.3 Å². The van der Waals surface area contributed by atoms with Crippen LogP contribution in [0.15, 0.2) is 53.3 Å². The molecule has 0 N–H and O–H groups in total. The summed E-state index contributed by atoms with van der Waals surface area (Å²) in [5, 5.41) is 0. The molecule has 6 aliphatic rings. The van der Waals surface area contributed by atoms with E-state index in [0.717, 1.165) is 11.1 Å². The number of ketones is 1. The number of carbonyl (C=O) groups excluding carboxylic acids is 5. The van der Waals surface area contributed by atoms with Crippen molar-refractivity contribution in [1.29, 1.82) is 0 Å². The minimum absolute atomic E-state index is 0.0544. The van der Waals surface area contributed by atoms with E-state index in [4.69, 9.17) is 23.7 Å². The molecule has 7 rings (SSSR count). The third-order valence-electron chi connectivity index (χ3n) is 15.1. The van der Waals surface area contributed by atoms with Crippen LogP contribution in [-0.4, -0.2) is 60.7 Å². The van der Waals surface area contributed by atoms with Gasteiger partial charge in [-0.2, -0.15) is 0 Å². The highest BCUT2D eigenvalue weighted by Gasteiger charge is 2.87. The van der Waals surface area contributed by atoms with Crippen LogP contribution in [0.4, 0.5) is 0 Å². The van der Waals surface area contributed by atoms with Gasteiger partial charge in [-0.25, -0.2) is 4.79 Å². The Hall–Kier alpha value is -3.95. The van der Waals surface area contributed by atoms with Crippen molar-refractivity contribution >= 4 is 29.7 Å². The minimum atomic E-state index is -1.36. The molecule has 1 saturated heterocycles. The van der Waals surface area contributed by atoms with Crippen molar-refractivity contribution in [2.45, 2.75) is 118 Å². The van der Waals surface area contributed by atoms with E-state index >= 15 is 0 Å². The Kier molecular flexibility index (Phi) is 8.07. The summed E-state index contributed by atoms with van der Waals surface area (Å²) < 4.78 is 31.7. The summed E-state index contributed by atoms with van der Waals surface area (Å²) in [6.45, 7) is 17.1. The van der Waals surface area contributed by atoms with E-state index < -0.39 is 80.8 Å². The molecule has 0 unspecified atom stereocenters. The van der Waals surface area contributed by atoms with E-state index in [1.807, 2.05) is 39.8 Å². The highest BCUT2D eigenvalue weighted by molar-refractivity contribution is 5.96. The number of benzene rings is 1. The van der Waals surface area contributed by atoms with Gasteiger partial charge in [0.15, 0.2) is 11.5 Å². The van der Waals surface area contributed by atoms with Crippen molar-refractivity contribution < 1.29 is 47.7 Å². The van der Waals surface area contributed by atoms with Gasteiger partial charge in [0, 0.05) is 44.4 Å². The van der Waals surface area contributed by atoms with Crippen LogP contribution in [0.2, 0.25) is 0 Å². The average Bonchev–Trinajstić information content (AvgIpc) is 3.45. The molecule has 10 nitrogen and oxygen atoms in total. The third kappa shape index (κ3) is 4.38. The predicted molar refractivity (Wildman–Crippen MR) is 188 cm³/mol. The first-order chi connectivity index (χ1) is 24.3. The van der Waals surface area contributed by atoms with Gasteiger partial charge in [0.1, 0.15) is 23.9 Å². The van der Waals surface area contributed by atoms with E-state index in [2.05, 4.69) is 20.8 Å². The Morgan fingerprint density at radius 3 is 2.15 bits per heavy atom. The molecule has 0 aromatic heterocycles. The highest BCUT2D eigenvalue weighted by Crippen LogP contribution is 2.82. The second-order valence-corrected chi connectivity index (χ2v) is 17.6. The van der Waals surface area contributed by atoms with Gasteiger partial charge in [0.05, 0.1) is 23.5 Å². The lowest BCUT2D eigenvalue weighted by Gasteiger charge is -2.69. The maximum Gasteiger partial charge on any atom is 0.338 e. The molecule has 2 bridgehead atoms. The highest BCUT2D eigenvalue weighted by atomic mass is 16.6. The summed E-state index contributed by atoms with van der Waals surface area (Å²) in [6.07, 6.45) is 1.33. The van der Waals surface area contributed by atoms with Crippen LogP contribution in [0.3, 0.4) is 0 Å². The van der Waals surface area contributed by atoms with E-state index in [9.17, 15) is 24.0 Å². The molecular weight excluding hydrogens is 664 g/mol. The Morgan fingerprint density at radius 1 is 0.885 bits per heavy atom. The Bertz CT molecular complexity index is 1830. The van der Waals surface area contributed by atoms with Gasteiger partial charge in [-0.1, -0.05) is 44.5 Å². The smallest absolute Gasteiger partial charge is 0.338 e. The van der Waals surface area contributed by atoms with E-state index in [0.29, 0.717) is 24.2 Å². The molecule has 2 spiro atoms. The number of hydrogen-bond donors (Lipinski definition) is 0. The number of fused-ring (bicyclic) bond motifs is 5. The molecule has 280 valence electrons. The van der Waals surface area contributed by atoms with Crippen LogP contribution in [0.1, 0.15) is 105 Å². The fraction of sp³-hybridized carbons (Fsp3) is 0.643. The van der Waals surface area contributed by atoms with E-state index in [1.165, 1.54) is 21.0 Å². The molecular formula is C42H52O10. The molecule has 1 aromatic carbocycles. The summed E-state index contributed by atoms with van der Waals surface area (Å²) in [5.41, 5.74) is -3.65. The molecule has 0 radical (unpaired) electrons. The fourth-order valence-electron chi connectivity index (χ4n) is 13.3.